The molecule has 4 heterocycles. The first-order valence-corrected chi connectivity index (χ1v) is 22.2. The summed E-state index contributed by atoms with van der Waals surface area (Å²) >= 11 is 3.70. The summed E-state index contributed by atoms with van der Waals surface area (Å²) in [5.74, 6) is 1.87. The molecule has 0 radical (unpaired) electrons. The second-order valence-corrected chi connectivity index (χ2v) is 17.5. The number of pyridine rings is 1. The van der Waals surface area contributed by atoms with Crippen LogP contribution in [-0.2, 0) is 0 Å². The molecule has 12 aromatic rings. The maximum Gasteiger partial charge on any atom is 0.164 e. The summed E-state index contributed by atoms with van der Waals surface area (Å²) in [6.07, 6.45) is 1.83. The largest absolute Gasteiger partial charge is 0.256 e. The molecule has 12 rings (SSSR count). The van der Waals surface area contributed by atoms with Crippen molar-refractivity contribution in [3.05, 3.63) is 206 Å². The van der Waals surface area contributed by atoms with Gasteiger partial charge >= 0.3 is 0 Å². The maximum absolute atomic E-state index is 5.29. The second-order valence-electron chi connectivity index (χ2n) is 15.4. The van der Waals surface area contributed by atoms with E-state index in [1.807, 2.05) is 65.3 Å². The molecule has 0 fully saturated rings. The lowest BCUT2D eigenvalue weighted by atomic mass is 9.94. The minimum Gasteiger partial charge on any atom is -0.256 e. The van der Waals surface area contributed by atoms with E-state index in [1.54, 1.807) is 0 Å². The van der Waals surface area contributed by atoms with E-state index in [0.29, 0.717) is 17.5 Å². The quantitative estimate of drug-likeness (QED) is 0.161. The molecule has 0 unspecified atom stereocenters. The number of nitrogens with zero attached hydrogens (tertiary/aromatic N) is 4. The van der Waals surface area contributed by atoms with E-state index in [-0.39, 0.29) is 0 Å². The van der Waals surface area contributed by atoms with Crippen molar-refractivity contribution in [1.29, 1.82) is 0 Å². The lowest BCUT2D eigenvalue weighted by Gasteiger charge is -2.13. The Bertz CT molecular complexity index is 3480. The predicted molar refractivity (Wildman–Crippen MR) is 261 cm³/mol. The van der Waals surface area contributed by atoms with E-state index in [9.17, 15) is 0 Å². The highest BCUT2D eigenvalue weighted by Crippen LogP contribution is 2.45. The van der Waals surface area contributed by atoms with E-state index in [1.165, 1.54) is 51.5 Å². The number of thiophene rings is 2. The Kier molecular flexibility index (Phi) is 8.84. The summed E-state index contributed by atoms with van der Waals surface area (Å²) in [6.45, 7) is 0. The number of aromatic nitrogens is 4. The minimum atomic E-state index is 0.621. The van der Waals surface area contributed by atoms with Crippen LogP contribution in [0.1, 0.15) is 0 Å². The molecule has 62 heavy (non-hydrogen) atoms. The molecule has 4 nitrogen and oxygen atoms in total. The van der Waals surface area contributed by atoms with Crippen LogP contribution in [-0.4, -0.2) is 19.9 Å². The fourth-order valence-electron chi connectivity index (χ4n) is 8.55. The predicted octanol–water partition coefficient (Wildman–Crippen LogP) is 15.7. The van der Waals surface area contributed by atoms with Crippen LogP contribution in [0.25, 0.3) is 119 Å². The van der Waals surface area contributed by atoms with Crippen molar-refractivity contribution in [1.82, 2.24) is 19.9 Å². The summed E-state index contributed by atoms with van der Waals surface area (Å²) < 4.78 is 5.10. The third-order valence-electron chi connectivity index (χ3n) is 11.6. The van der Waals surface area contributed by atoms with Gasteiger partial charge in [-0.15, -0.1) is 22.7 Å². The van der Waals surface area contributed by atoms with Gasteiger partial charge in [0.2, 0.25) is 0 Å². The van der Waals surface area contributed by atoms with Crippen molar-refractivity contribution in [3.63, 3.8) is 0 Å². The molecule has 0 bridgehead atoms. The number of fused-ring (bicyclic) bond motifs is 6. The molecule has 6 heteroatoms. The van der Waals surface area contributed by atoms with Crippen molar-refractivity contribution in [3.8, 4) is 78.8 Å². The first-order chi connectivity index (χ1) is 30.7. The summed E-state index contributed by atoms with van der Waals surface area (Å²) in [6, 6.07) is 70.9. The van der Waals surface area contributed by atoms with Crippen LogP contribution in [0.5, 0.6) is 0 Å². The van der Waals surface area contributed by atoms with Crippen molar-refractivity contribution < 1.29 is 0 Å². The highest BCUT2D eigenvalue weighted by Gasteiger charge is 2.19. The van der Waals surface area contributed by atoms with Crippen molar-refractivity contribution in [2.24, 2.45) is 0 Å². The standard InChI is InChI=1S/C56H34N4S2/c1-2-12-38(13-3-1)54-58-55(39-29-25-36(26-30-39)35-23-27-37(28-24-35)49-20-8-9-31-57-49)60-56(59-54)42-33-40(43-16-10-18-47-45-14-4-6-21-50(45)61-52(43)47)32-41(34-42)44-17-11-19-48-46-15-5-7-22-51(46)62-53(44)48/h1-34H. The lowest BCUT2D eigenvalue weighted by molar-refractivity contribution is 1.07. The Labute approximate surface area is 366 Å². The molecule has 8 aromatic carbocycles. The maximum atomic E-state index is 5.29. The molecule has 0 spiro atoms. The van der Waals surface area contributed by atoms with Gasteiger partial charge in [0, 0.05) is 68.8 Å². The zero-order valence-corrected chi connectivity index (χ0v) is 34.9. The first kappa shape index (κ1) is 36.2. The normalized spacial score (nSPS) is 11.5. The van der Waals surface area contributed by atoms with Crippen molar-refractivity contribution in [2.75, 3.05) is 0 Å². The van der Waals surface area contributed by atoms with Gasteiger partial charge in [-0.1, -0.05) is 158 Å². The number of hydrogen-bond acceptors (Lipinski definition) is 6. The highest BCUT2D eigenvalue weighted by molar-refractivity contribution is 7.26. The first-order valence-electron chi connectivity index (χ1n) is 20.6. The summed E-state index contributed by atoms with van der Waals surface area (Å²) in [5.41, 5.74) is 11.7. The monoisotopic (exact) mass is 826 g/mol. The molecule has 0 aliphatic heterocycles. The van der Waals surface area contributed by atoms with Crippen LogP contribution < -0.4 is 0 Å². The van der Waals surface area contributed by atoms with Crippen LogP contribution in [0.3, 0.4) is 0 Å². The lowest BCUT2D eigenvalue weighted by Crippen LogP contribution is -2.00. The zero-order valence-electron chi connectivity index (χ0n) is 33.2. The van der Waals surface area contributed by atoms with Gasteiger partial charge in [0.05, 0.1) is 5.69 Å². The third-order valence-corrected chi connectivity index (χ3v) is 14.1. The smallest absolute Gasteiger partial charge is 0.164 e. The van der Waals surface area contributed by atoms with Crippen LogP contribution >= 0.6 is 22.7 Å². The topological polar surface area (TPSA) is 51.6 Å². The molecule has 0 aliphatic rings. The molecule has 0 amide bonds. The summed E-state index contributed by atoms with van der Waals surface area (Å²) in [5, 5.41) is 5.09. The van der Waals surface area contributed by atoms with Gasteiger partial charge in [0.15, 0.2) is 17.5 Å². The van der Waals surface area contributed by atoms with E-state index in [2.05, 4.69) is 169 Å². The Morgan fingerprint density at radius 2 is 0.726 bits per heavy atom. The van der Waals surface area contributed by atoms with E-state index >= 15 is 0 Å². The zero-order chi connectivity index (χ0) is 41.0. The van der Waals surface area contributed by atoms with Crippen LogP contribution in [0.4, 0.5) is 0 Å². The number of rotatable bonds is 7. The van der Waals surface area contributed by atoms with Gasteiger partial charge in [0.25, 0.3) is 0 Å². The van der Waals surface area contributed by atoms with Crippen LogP contribution in [0.2, 0.25) is 0 Å². The summed E-state index contributed by atoms with van der Waals surface area (Å²) in [7, 11) is 0. The SMILES string of the molecule is c1ccc(-c2nc(-c3ccc(-c4ccc(-c5ccccn5)cc4)cc3)nc(-c3cc(-c4cccc5c4sc4ccccc45)cc(-c4cccc5c4sc4ccccc45)c3)n2)cc1. The van der Waals surface area contributed by atoms with E-state index in [0.717, 1.165) is 50.2 Å². The van der Waals surface area contributed by atoms with E-state index < -0.39 is 0 Å². The third kappa shape index (κ3) is 6.45. The van der Waals surface area contributed by atoms with Crippen molar-refractivity contribution in [2.45, 2.75) is 0 Å². The molecule has 0 aliphatic carbocycles. The fraction of sp³-hybridized carbons (Fsp3) is 0. The Hall–Kier alpha value is -7.64. The van der Waals surface area contributed by atoms with Crippen molar-refractivity contribution >= 4 is 63.0 Å². The van der Waals surface area contributed by atoms with Gasteiger partial charge in [-0.05, 0) is 75.8 Å². The molecule has 0 saturated carbocycles. The molecular weight excluding hydrogens is 793 g/mol. The van der Waals surface area contributed by atoms with Gasteiger partial charge in [-0.2, -0.15) is 0 Å². The Balaban J connectivity index is 1.03. The van der Waals surface area contributed by atoms with Crippen LogP contribution in [0, 0.1) is 0 Å². The van der Waals surface area contributed by atoms with Gasteiger partial charge in [-0.3, -0.25) is 4.98 Å². The number of hydrogen-bond donors (Lipinski definition) is 0. The second kappa shape index (κ2) is 15.1. The Morgan fingerprint density at radius 3 is 1.27 bits per heavy atom. The average molecular weight is 827 g/mol. The molecule has 4 aromatic heterocycles. The minimum absolute atomic E-state index is 0.621. The molecular formula is C56H34N4S2. The van der Waals surface area contributed by atoms with Gasteiger partial charge in [0.1, 0.15) is 0 Å². The van der Waals surface area contributed by atoms with Gasteiger partial charge in [-0.25, -0.2) is 15.0 Å². The fourth-order valence-corrected chi connectivity index (χ4v) is 11.0. The van der Waals surface area contributed by atoms with Gasteiger partial charge < -0.3 is 0 Å². The highest BCUT2D eigenvalue weighted by atomic mass is 32.1. The molecule has 0 saturated heterocycles. The Morgan fingerprint density at radius 1 is 0.290 bits per heavy atom. The molecule has 0 N–H and O–H groups in total. The number of benzene rings is 8. The molecule has 290 valence electrons. The summed E-state index contributed by atoms with van der Waals surface area (Å²) in [4.78, 5) is 20.2. The van der Waals surface area contributed by atoms with E-state index in [4.69, 9.17) is 15.0 Å². The molecule has 0 atom stereocenters. The van der Waals surface area contributed by atoms with Crippen LogP contribution in [0.15, 0.2) is 206 Å². The average Bonchev–Trinajstić information content (AvgIpc) is 3.93.